The molecule has 2 aromatic rings. The third-order valence-electron chi connectivity index (χ3n) is 5.57. The lowest BCUT2D eigenvalue weighted by atomic mass is 9.91. The highest BCUT2D eigenvalue weighted by Crippen LogP contribution is 2.33. The first-order chi connectivity index (χ1) is 11.6. The summed E-state index contributed by atoms with van der Waals surface area (Å²) in [5.74, 6) is 0. The molecule has 1 N–H and O–H groups in total. The van der Waals surface area contributed by atoms with E-state index in [0.29, 0.717) is 19.4 Å². The summed E-state index contributed by atoms with van der Waals surface area (Å²) < 4.78 is 1.64. The maximum atomic E-state index is 13.1. The first-order valence-corrected chi connectivity index (χ1v) is 9.78. The number of aryl methyl sites for hydroxylation is 2. The van der Waals surface area contributed by atoms with E-state index in [2.05, 4.69) is 16.9 Å². The molecule has 1 aliphatic carbocycles. The number of likely N-dealkylation sites (tertiary alicyclic amines) is 1. The van der Waals surface area contributed by atoms with Gasteiger partial charge in [0, 0.05) is 18.0 Å². The van der Waals surface area contributed by atoms with Gasteiger partial charge in [-0.05, 0) is 51.1 Å². The number of hydrogen-bond acceptors (Lipinski definition) is 5. The Kier molecular flexibility index (Phi) is 4.22. The van der Waals surface area contributed by atoms with Gasteiger partial charge in [-0.15, -0.1) is 11.3 Å². The van der Waals surface area contributed by atoms with E-state index in [9.17, 15) is 9.90 Å². The molecule has 6 heteroatoms. The fourth-order valence-electron chi connectivity index (χ4n) is 3.98. The van der Waals surface area contributed by atoms with Gasteiger partial charge in [-0.2, -0.15) is 0 Å². The second-order valence-corrected chi connectivity index (χ2v) is 8.53. The average molecular weight is 347 g/mol. The van der Waals surface area contributed by atoms with Crippen LogP contribution in [0.4, 0.5) is 0 Å². The first-order valence-electron chi connectivity index (χ1n) is 8.96. The molecule has 3 heterocycles. The zero-order chi connectivity index (χ0) is 16.7. The molecule has 0 atom stereocenters. The van der Waals surface area contributed by atoms with Crippen molar-refractivity contribution >= 4 is 21.6 Å². The SMILES string of the molecule is CN1CCC(O)(Cn2cnc3sc4c(c3c2=O)CCCCC4)CC1. The standard InChI is InChI=1S/C18H25N3O2S/c1-20-9-7-18(23,8-10-20)11-21-12-19-16-15(17(21)22)13-5-3-2-4-6-14(13)24-16/h12,23H,2-11H2,1H3. The van der Waals surface area contributed by atoms with Gasteiger partial charge in [-0.3, -0.25) is 9.36 Å². The predicted octanol–water partition coefficient (Wildman–Crippen LogP) is 2.18. The Labute approximate surface area is 145 Å². The van der Waals surface area contributed by atoms with E-state index in [1.165, 1.54) is 23.3 Å². The molecule has 0 bridgehead atoms. The smallest absolute Gasteiger partial charge is 0.262 e. The topological polar surface area (TPSA) is 58.4 Å². The maximum absolute atomic E-state index is 13.1. The van der Waals surface area contributed by atoms with Gasteiger partial charge in [0.15, 0.2) is 0 Å². The molecule has 24 heavy (non-hydrogen) atoms. The molecule has 2 aliphatic rings. The second kappa shape index (κ2) is 6.24. The summed E-state index contributed by atoms with van der Waals surface area (Å²) >= 11 is 1.69. The molecule has 1 saturated heterocycles. The molecule has 130 valence electrons. The van der Waals surface area contributed by atoms with Crippen molar-refractivity contribution in [2.75, 3.05) is 20.1 Å². The number of aliphatic hydroxyl groups is 1. The molecule has 1 fully saturated rings. The minimum absolute atomic E-state index is 0.0340. The molecule has 5 nitrogen and oxygen atoms in total. The van der Waals surface area contributed by atoms with E-state index in [4.69, 9.17) is 0 Å². The molecule has 1 aliphatic heterocycles. The molecular weight excluding hydrogens is 322 g/mol. The van der Waals surface area contributed by atoms with Crippen LogP contribution in [-0.4, -0.2) is 45.3 Å². The van der Waals surface area contributed by atoms with Crippen molar-refractivity contribution in [3.63, 3.8) is 0 Å². The van der Waals surface area contributed by atoms with E-state index in [-0.39, 0.29) is 5.56 Å². The molecule has 0 spiro atoms. The Morgan fingerprint density at radius 1 is 1.25 bits per heavy atom. The summed E-state index contributed by atoms with van der Waals surface area (Å²) in [5.41, 5.74) is 0.472. The molecular formula is C18H25N3O2S. The van der Waals surface area contributed by atoms with Crippen molar-refractivity contribution in [2.24, 2.45) is 0 Å². The summed E-state index contributed by atoms with van der Waals surface area (Å²) in [7, 11) is 2.07. The number of thiophene rings is 1. The van der Waals surface area contributed by atoms with Crippen LogP contribution in [0.1, 0.15) is 42.5 Å². The van der Waals surface area contributed by atoms with E-state index in [1.807, 2.05) is 0 Å². The average Bonchev–Trinajstić information content (AvgIpc) is 2.76. The van der Waals surface area contributed by atoms with Crippen LogP contribution in [0.2, 0.25) is 0 Å². The number of piperidine rings is 1. The van der Waals surface area contributed by atoms with Crippen LogP contribution in [-0.2, 0) is 19.4 Å². The highest BCUT2D eigenvalue weighted by molar-refractivity contribution is 7.18. The predicted molar refractivity (Wildman–Crippen MR) is 96.8 cm³/mol. The van der Waals surface area contributed by atoms with Gasteiger partial charge < -0.3 is 10.0 Å². The summed E-state index contributed by atoms with van der Waals surface area (Å²) in [6.45, 7) is 2.09. The van der Waals surface area contributed by atoms with Crippen molar-refractivity contribution in [1.29, 1.82) is 0 Å². The van der Waals surface area contributed by atoms with E-state index in [1.54, 1.807) is 22.2 Å². The fourth-order valence-corrected chi connectivity index (χ4v) is 5.20. The number of nitrogens with zero attached hydrogens (tertiary/aromatic N) is 3. The number of fused-ring (bicyclic) bond motifs is 3. The van der Waals surface area contributed by atoms with Crippen molar-refractivity contribution in [1.82, 2.24) is 14.5 Å². The van der Waals surface area contributed by atoms with Gasteiger partial charge in [0.1, 0.15) is 4.83 Å². The molecule has 4 rings (SSSR count). The van der Waals surface area contributed by atoms with Gasteiger partial charge in [0.25, 0.3) is 5.56 Å². The highest BCUT2D eigenvalue weighted by Gasteiger charge is 2.32. The Hall–Kier alpha value is -1.24. The van der Waals surface area contributed by atoms with Crippen LogP contribution in [0.3, 0.4) is 0 Å². The third-order valence-corrected chi connectivity index (χ3v) is 6.77. The number of rotatable bonds is 2. The summed E-state index contributed by atoms with van der Waals surface area (Å²) in [6, 6.07) is 0. The van der Waals surface area contributed by atoms with Crippen LogP contribution in [0.15, 0.2) is 11.1 Å². The Balaban J connectivity index is 1.71. The number of aromatic nitrogens is 2. The zero-order valence-corrected chi connectivity index (χ0v) is 15.1. The maximum Gasteiger partial charge on any atom is 0.262 e. The van der Waals surface area contributed by atoms with Crippen LogP contribution in [0.5, 0.6) is 0 Å². The lowest BCUT2D eigenvalue weighted by Crippen LogP contribution is -2.47. The van der Waals surface area contributed by atoms with E-state index >= 15 is 0 Å². The van der Waals surface area contributed by atoms with Gasteiger partial charge in [0.05, 0.1) is 23.9 Å². The summed E-state index contributed by atoms with van der Waals surface area (Å²) in [4.78, 5) is 22.1. The monoisotopic (exact) mass is 347 g/mol. The van der Waals surface area contributed by atoms with Gasteiger partial charge in [-0.1, -0.05) is 6.42 Å². The highest BCUT2D eigenvalue weighted by atomic mass is 32.1. The molecule has 0 radical (unpaired) electrons. The molecule has 0 unspecified atom stereocenters. The van der Waals surface area contributed by atoms with Crippen molar-refractivity contribution < 1.29 is 5.11 Å². The summed E-state index contributed by atoms with van der Waals surface area (Å²) in [5, 5.41) is 11.7. The Morgan fingerprint density at radius 3 is 2.79 bits per heavy atom. The largest absolute Gasteiger partial charge is 0.388 e. The molecule has 0 aromatic carbocycles. The lowest BCUT2D eigenvalue weighted by Gasteiger charge is -2.36. The van der Waals surface area contributed by atoms with Gasteiger partial charge >= 0.3 is 0 Å². The Morgan fingerprint density at radius 2 is 2.00 bits per heavy atom. The number of hydrogen-bond donors (Lipinski definition) is 1. The van der Waals surface area contributed by atoms with Crippen molar-refractivity contribution in [3.05, 3.63) is 27.1 Å². The van der Waals surface area contributed by atoms with Crippen molar-refractivity contribution in [3.8, 4) is 0 Å². The zero-order valence-electron chi connectivity index (χ0n) is 14.3. The molecule has 0 amide bonds. The minimum Gasteiger partial charge on any atom is -0.388 e. The normalized spacial score (nSPS) is 21.6. The molecule has 2 aromatic heterocycles. The van der Waals surface area contributed by atoms with Crippen LogP contribution < -0.4 is 5.56 Å². The van der Waals surface area contributed by atoms with Crippen molar-refractivity contribution in [2.45, 2.75) is 57.1 Å². The minimum atomic E-state index is -0.793. The second-order valence-electron chi connectivity index (χ2n) is 7.45. The first kappa shape index (κ1) is 16.2. The van der Waals surface area contributed by atoms with Crippen LogP contribution >= 0.6 is 11.3 Å². The van der Waals surface area contributed by atoms with Gasteiger partial charge in [-0.25, -0.2) is 4.98 Å². The quantitative estimate of drug-likeness (QED) is 0.846. The van der Waals surface area contributed by atoms with E-state index < -0.39 is 5.60 Å². The fraction of sp³-hybridized carbons (Fsp3) is 0.667. The van der Waals surface area contributed by atoms with Gasteiger partial charge in [0.2, 0.25) is 0 Å². The lowest BCUT2D eigenvalue weighted by molar-refractivity contribution is -0.0298. The van der Waals surface area contributed by atoms with E-state index in [0.717, 1.165) is 42.6 Å². The van der Waals surface area contributed by atoms with Crippen LogP contribution in [0.25, 0.3) is 10.2 Å². The summed E-state index contributed by atoms with van der Waals surface area (Å²) in [6.07, 6.45) is 8.72. The van der Waals surface area contributed by atoms with Crippen LogP contribution in [0, 0.1) is 0 Å². The molecule has 0 saturated carbocycles. The third kappa shape index (κ3) is 2.91. The Bertz CT molecular complexity index is 802.